The number of benzene rings is 1. The average molecular weight is 264 g/mol. The molecule has 94 valence electrons. The van der Waals surface area contributed by atoms with E-state index in [4.69, 9.17) is 0 Å². The van der Waals surface area contributed by atoms with Crippen molar-refractivity contribution in [2.45, 2.75) is 11.9 Å². The Morgan fingerprint density at radius 3 is 2.56 bits per heavy atom. The van der Waals surface area contributed by atoms with Crippen LogP contribution in [0, 0.1) is 0 Å². The number of para-hydroxylation sites is 1. The standard InChI is InChI=1S/C12H12N2O3S/c1-8(15)13-11-7-9-5-3-4-6-10(9)14-12(11)18(2,16)17/h3-7H,1-2H3,(H,13,15). The van der Waals surface area contributed by atoms with Gasteiger partial charge in [-0.1, -0.05) is 18.2 Å². The number of hydrogen-bond acceptors (Lipinski definition) is 4. The first-order chi connectivity index (χ1) is 8.38. The zero-order chi connectivity index (χ0) is 13.3. The summed E-state index contributed by atoms with van der Waals surface area (Å²) in [6, 6.07) is 8.74. The number of hydrogen-bond donors (Lipinski definition) is 1. The van der Waals surface area contributed by atoms with Crippen molar-refractivity contribution in [1.29, 1.82) is 0 Å². The maximum Gasteiger partial charge on any atom is 0.221 e. The molecule has 0 aliphatic rings. The van der Waals surface area contributed by atoms with Crippen molar-refractivity contribution in [3.05, 3.63) is 30.3 Å². The zero-order valence-electron chi connectivity index (χ0n) is 9.97. The van der Waals surface area contributed by atoms with Gasteiger partial charge in [0.1, 0.15) is 0 Å². The Labute approximate surface area is 105 Å². The number of aromatic nitrogens is 1. The molecule has 0 fully saturated rings. The van der Waals surface area contributed by atoms with Gasteiger partial charge in [-0.15, -0.1) is 0 Å². The summed E-state index contributed by atoms with van der Waals surface area (Å²) in [7, 11) is -3.50. The minimum atomic E-state index is -3.50. The lowest BCUT2D eigenvalue weighted by molar-refractivity contribution is -0.114. The van der Waals surface area contributed by atoms with E-state index in [-0.39, 0.29) is 16.6 Å². The van der Waals surface area contributed by atoms with Gasteiger partial charge in [-0.3, -0.25) is 4.79 Å². The smallest absolute Gasteiger partial charge is 0.221 e. The van der Waals surface area contributed by atoms with E-state index in [1.807, 2.05) is 6.07 Å². The summed E-state index contributed by atoms with van der Waals surface area (Å²) < 4.78 is 23.3. The molecule has 0 spiro atoms. The molecule has 0 atom stereocenters. The first-order valence-electron chi connectivity index (χ1n) is 5.25. The van der Waals surface area contributed by atoms with Crippen LogP contribution in [0.2, 0.25) is 0 Å². The minimum Gasteiger partial charge on any atom is -0.324 e. The molecule has 1 N–H and O–H groups in total. The van der Waals surface area contributed by atoms with Gasteiger partial charge >= 0.3 is 0 Å². The number of nitrogens with zero attached hydrogens (tertiary/aromatic N) is 1. The highest BCUT2D eigenvalue weighted by atomic mass is 32.2. The monoisotopic (exact) mass is 264 g/mol. The first-order valence-corrected chi connectivity index (χ1v) is 7.14. The van der Waals surface area contributed by atoms with Crippen molar-refractivity contribution in [1.82, 2.24) is 4.98 Å². The second kappa shape index (κ2) is 4.38. The molecule has 6 heteroatoms. The number of sulfone groups is 1. The molecule has 5 nitrogen and oxygen atoms in total. The van der Waals surface area contributed by atoms with Gasteiger partial charge in [-0.05, 0) is 12.1 Å². The van der Waals surface area contributed by atoms with E-state index in [1.165, 1.54) is 6.92 Å². The van der Waals surface area contributed by atoms with Crippen molar-refractivity contribution < 1.29 is 13.2 Å². The van der Waals surface area contributed by atoms with Crippen molar-refractivity contribution >= 4 is 32.3 Å². The van der Waals surface area contributed by atoms with Crippen LogP contribution < -0.4 is 5.32 Å². The van der Waals surface area contributed by atoms with Gasteiger partial charge in [0.15, 0.2) is 14.9 Å². The SMILES string of the molecule is CC(=O)Nc1cc2ccccc2nc1S(C)(=O)=O. The highest BCUT2D eigenvalue weighted by Crippen LogP contribution is 2.24. The molecule has 0 aliphatic carbocycles. The van der Waals surface area contributed by atoms with E-state index in [2.05, 4.69) is 10.3 Å². The quantitative estimate of drug-likeness (QED) is 0.893. The fourth-order valence-electron chi connectivity index (χ4n) is 1.66. The van der Waals surface area contributed by atoms with E-state index >= 15 is 0 Å². The average Bonchev–Trinajstić information content (AvgIpc) is 2.26. The number of fused-ring (bicyclic) bond motifs is 1. The maximum absolute atomic E-state index is 11.7. The van der Waals surface area contributed by atoms with Crippen molar-refractivity contribution in [3.63, 3.8) is 0 Å². The first kappa shape index (κ1) is 12.5. The summed E-state index contributed by atoms with van der Waals surface area (Å²) in [5.74, 6) is -0.336. The van der Waals surface area contributed by atoms with Crippen LogP contribution in [0.25, 0.3) is 10.9 Å². The number of amides is 1. The summed E-state index contributed by atoms with van der Waals surface area (Å²) >= 11 is 0. The molecule has 0 saturated carbocycles. The number of rotatable bonds is 2. The van der Waals surface area contributed by atoms with E-state index in [0.29, 0.717) is 5.52 Å². The lowest BCUT2D eigenvalue weighted by Gasteiger charge is -2.09. The normalized spacial score (nSPS) is 11.4. The van der Waals surface area contributed by atoms with Gasteiger partial charge < -0.3 is 5.32 Å². The number of pyridine rings is 1. The second-order valence-corrected chi connectivity index (χ2v) is 5.92. The van der Waals surface area contributed by atoms with E-state index < -0.39 is 9.84 Å². The van der Waals surface area contributed by atoms with Crippen LogP contribution in [-0.4, -0.2) is 25.6 Å². The molecule has 0 bridgehead atoms. The Morgan fingerprint density at radius 2 is 1.94 bits per heavy atom. The predicted molar refractivity (Wildman–Crippen MR) is 69.2 cm³/mol. The summed E-state index contributed by atoms with van der Waals surface area (Å²) in [6.07, 6.45) is 1.06. The molecule has 0 saturated heterocycles. The van der Waals surface area contributed by atoms with Gasteiger partial charge in [-0.2, -0.15) is 0 Å². The third-order valence-corrected chi connectivity index (χ3v) is 3.36. The van der Waals surface area contributed by atoms with E-state index in [9.17, 15) is 13.2 Å². The summed E-state index contributed by atoms with van der Waals surface area (Å²) in [5.41, 5.74) is 0.788. The molecule has 2 rings (SSSR count). The number of nitrogens with one attached hydrogen (secondary N) is 1. The fraction of sp³-hybridized carbons (Fsp3) is 0.167. The van der Waals surface area contributed by atoms with Crippen LogP contribution >= 0.6 is 0 Å². The Hall–Kier alpha value is -1.95. The third-order valence-electron chi connectivity index (χ3n) is 2.35. The predicted octanol–water partition coefficient (Wildman–Crippen LogP) is 1.60. The molecule has 1 amide bonds. The largest absolute Gasteiger partial charge is 0.324 e. The maximum atomic E-state index is 11.7. The van der Waals surface area contributed by atoms with Crippen molar-refractivity contribution in [2.75, 3.05) is 11.6 Å². The Balaban J connectivity index is 2.75. The zero-order valence-corrected chi connectivity index (χ0v) is 10.8. The second-order valence-electron chi connectivity index (χ2n) is 3.99. The highest BCUT2D eigenvalue weighted by Gasteiger charge is 2.17. The van der Waals surface area contributed by atoms with E-state index in [0.717, 1.165) is 11.6 Å². The van der Waals surface area contributed by atoms with Crippen LogP contribution in [0.5, 0.6) is 0 Å². The van der Waals surface area contributed by atoms with Crippen LogP contribution in [-0.2, 0) is 14.6 Å². The Bertz CT molecular complexity index is 723. The summed E-state index contributed by atoms with van der Waals surface area (Å²) in [6.45, 7) is 1.32. The van der Waals surface area contributed by atoms with Crippen LogP contribution in [0.15, 0.2) is 35.4 Å². The molecular formula is C12H12N2O3S. The van der Waals surface area contributed by atoms with Gasteiger partial charge in [0.2, 0.25) is 5.91 Å². The summed E-state index contributed by atoms with van der Waals surface area (Å²) in [5, 5.41) is 3.15. The molecular weight excluding hydrogens is 252 g/mol. The molecule has 1 heterocycles. The van der Waals surface area contributed by atoms with Crippen LogP contribution in [0.4, 0.5) is 5.69 Å². The van der Waals surface area contributed by atoms with Gasteiger partial charge in [0.25, 0.3) is 0 Å². The topological polar surface area (TPSA) is 76.1 Å². The lowest BCUT2D eigenvalue weighted by atomic mass is 10.2. The number of carbonyl (C=O) groups is 1. The molecule has 1 aromatic heterocycles. The molecule has 0 unspecified atom stereocenters. The molecule has 1 aromatic carbocycles. The minimum absolute atomic E-state index is 0.114. The van der Waals surface area contributed by atoms with Gasteiger partial charge in [0, 0.05) is 18.6 Å². The molecule has 0 radical (unpaired) electrons. The lowest BCUT2D eigenvalue weighted by Crippen LogP contribution is -2.12. The fourth-order valence-corrected chi connectivity index (χ4v) is 2.43. The Morgan fingerprint density at radius 1 is 1.28 bits per heavy atom. The van der Waals surface area contributed by atoms with Gasteiger partial charge in [-0.25, -0.2) is 13.4 Å². The third kappa shape index (κ3) is 2.48. The number of carbonyl (C=O) groups excluding carboxylic acids is 1. The molecule has 2 aromatic rings. The highest BCUT2D eigenvalue weighted by molar-refractivity contribution is 7.90. The van der Waals surface area contributed by atoms with Gasteiger partial charge in [0.05, 0.1) is 11.2 Å². The van der Waals surface area contributed by atoms with Crippen LogP contribution in [0.3, 0.4) is 0 Å². The van der Waals surface area contributed by atoms with Crippen molar-refractivity contribution in [3.8, 4) is 0 Å². The molecule has 18 heavy (non-hydrogen) atoms. The van der Waals surface area contributed by atoms with E-state index in [1.54, 1.807) is 24.3 Å². The van der Waals surface area contributed by atoms with Crippen LogP contribution in [0.1, 0.15) is 6.92 Å². The summed E-state index contributed by atoms with van der Waals surface area (Å²) in [4.78, 5) is 15.2. The van der Waals surface area contributed by atoms with Crippen molar-refractivity contribution in [2.24, 2.45) is 0 Å². The Kier molecular flexibility index (Phi) is 3.04. The molecule has 0 aliphatic heterocycles. The number of anilines is 1.